The zero-order valence-corrected chi connectivity index (χ0v) is 14.0. The summed E-state index contributed by atoms with van der Waals surface area (Å²) in [6.45, 7) is 1.14. The van der Waals surface area contributed by atoms with E-state index in [9.17, 15) is 4.79 Å². The monoisotopic (exact) mass is 344 g/mol. The van der Waals surface area contributed by atoms with Crippen molar-refractivity contribution in [3.05, 3.63) is 72.1 Å². The smallest absolute Gasteiger partial charge is 0.256 e. The van der Waals surface area contributed by atoms with E-state index >= 15 is 0 Å². The first-order chi connectivity index (χ1) is 12.8. The van der Waals surface area contributed by atoms with Crippen molar-refractivity contribution in [3.8, 4) is 11.3 Å². The van der Waals surface area contributed by atoms with Gasteiger partial charge in [0.2, 0.25) is 0 Å². The Kier molecular flexibility index (Phi) is 3.31. The molecule has 1 N–H and O–H groups in total. The fourth-order valence-electron chi connectivity index (χ4n) is 3.44. The maximum Gasteiger partial charge on any atom is 0.256 e. The van der Waals surface area contributed by atoms with Gasteiger partial charge in [0, 0.05) is 43.3 Å². The summed E-state index contributed by atoms with van der Waals surface area (Å²) in [6.07, 6.45) is 8.18. The van der Waals surface area contributed by atoms with E-state index < -0.39 is 0 Å². The number of hydrogen-bond acceptors (Lipinski definition) is 4. The van der Waals surface area contributed by atoms with Crippen molar-refractivity contribution < 1.29 is 4.79 Å². The summed E-state index contributed by atoms with van der Waals surface area (Å²) >= 11 is 0. The van der Waals surface area contributed by atoms with Crippen molar-refractivity contribution in [1.82, 2.24) is 29.5 Å². The highest BCUT2D eigenvalue weighted by molar-refractivity contribution is 6.03. The van der Waals surface area contributed by atoms with Crippen LogP contribution in [0.15, 0.2) is 55.1 Å². The molecule has 0 radical (unpaired) electrons. The number of aromatic amines is 1. The maximum absolute atomic E-state index is 12.9. The number of hydrogen-bond donors (Lipinski definition) is 1. The predicted octanol–water partition coefficient (Wildman–Crippen LogP) is 2.32. The summed E-state index contributed by atoms with van der Waals surface area (Å²) in [5, 5.41) is 7.00. The molecular formula is C19H16N6O. The summed E-state index contributed by atoms with van der Waals surface area (Å²) in [6, 6.07) is 9.62. The lowest BCUT2D eigenvalue weighted by molar-refractivity contribution is 0.0780. The zero-order chi connectivity index (χ0) is 17.5. The van der Waals surface area contributed by atoms with Crippen LogP contribution in [-0.4, -0.2) is 41.9 Å². The lowest BCUT2D eigenvalue weighted by atomic mass is 10.1. The lowest BCUT2D eigenvalue weighted by Crippen LogP contribution is -2.26. The summed E-state index contributed by atoms with van der Waals surface area (Å²) < 4.78 is 1.99. The molecule has 128 valence electrons. The number of imidazole rings is 1. The number of fused-ring (bicyclic) bond motifs is 2. The highest BCUT2D eigenvalue weighted by Crippen LogP contribution is 2.30. The molecule has 1 aliphatic heterocycles. The molecule has 0 aromatic carbocycles. The van der Waals surface area contributed by atoms with Crippen LogP contribution in [0.2, 0.25) is 0 Å². The molecule has 0 spiro atoms. The Hall–Kier alpha value is -3.48. The van der Waals surface area contributed by atoms with Crippen molar-refractivity contribution in [3.63, 3.8) is 0 Å². The highest BCUT2D eigenvalue weighted by Gasteiger charge is 2.31. The molecule has 0 atom stereocenters. The van der Waals surface area contributed by atoms with Crippen LogP contribution in [0.3, 0.4) is 0 Å². The standard InChI is InChI=1S/C19H16N6O/c26-19-18-14(15-5-8-21-23-15)4-7-20-16(18)12-25(19)10-6-13-11-24-9-2-1-3-17(24)22-13/h1-5,7-9,11H,6,10,12H2,(H,21,23). The molecule has 0 fully saturated rings. The first kappa shape index (κ1) is 14.8. The lowest BCUT2D eigenvalue weighted by Gasteiger charge is -2.14. The second kappa shape index (κ2) is 5.80. The van der Waals surface area contributed by atoms with Crippen LogP contribution in [0.5, 0.6) is 0 Å². The van der Waals surface area contributed by atoms with Crippen molar-refractivity contribution in [1.29, 1.82) is 0 Å². The zero-order valence-electron chi connectivity index (χ0n) is 14.0. The quantitative estimate of drug-likeness (QED) is 0.616. The molecule has 5 rings (SSSR count). The van der Waals surface area contributed by atoms with Crippen LogP contribution in [0, 0.1) is 0 Å². The van der Waals surface area contributed by atoms with Gasteiger partial charge in [0.1, 0.15) is 5.65 Å². The minimum absolute atomic E-state index is 0.00913. The molecule has 0 unspecified atom stereocenters. The first-order valence-electron chi connectivity index (χ1n) is 8.49. The van der Waals surface area contributed by atoms with Crippen molar-refractivity contribution in [2.24, 2.45) is 0 Å². The molecule has 0 saturated heterocycles. The largest absolute Gasteiger partial charge is 0.332 e. The van der Waals surface area contributed by atoms with E-state index in [-0.39, 0.29) is 5.91 Å². The number of nitrogens with one attached hydrogen (secondary N) is 1. The molecule has 0 saturated carbocycles. The molecule has 0 bridgehead atoms. The Balaban J connectivity index is 1.38. The molecule has 5 heterocycles. The van der Waals surface area contributed by atoms with Gasteiger partial charge in [0.25, 0.3) is 5.91 Å². The molecule has 7 heteroatoms. The van der Waals surface area contributed by atoms with Gasteiger partial charge in [-0.25, -0.2) is 4.98 Å². The van der Waals surface area contributed by atoms with Crippen LogP contribution in [-0.2, 0) is 13.0 Å². The van der Waals surface area contributed by atoms with E-state index in [0.29, 0.717) is 25.1 Å². The van der Waals surface area contributed by atoms with E-state index in [1.54, 1.807) is 12.4 Å². The first-order valence-corrected chi connectivity index (χ1v) is 8.49. The van der Waals surface area contributed by atoms with E-state index in [2.05, 4.69) is 20.2 Å². The Labute approximate surface area is 149 Å². The predicted molar refractivity (Wildman–Crippen MR) is 95.5 cm³/mol. The summed E-state index contributed by atoms with van der Waals surface area (Å²) in [4.78, 5) is 23.8. The number of rotatable bonds is 4. The third-order valence-corrected chi connectivity index (χ3v) is 4.70. The fourth-order valence-corrected chi connectivity index (χ4v) is 3.44. The van der Waals surface area contributed by atoms with Gasteiger partial charge < -0.3 is 9.30 Å². The minimum Gasteiger partial charge on any atom is -0.332 e. The van der Waals surface area contributed by atoms with Crippen LogP contribution in [0.1, 0.15) is 21.7 Å². The van der Waals surface area contributed by atoms with E-state index in [4.69, 9.17) is 0 Å². The Morgan fingerprint density at radius 2 is 2.15 bits per heavy atom. The van der Waals surface area contributed by atoms with Gasteiger partial charge >= 0.3 is 0 Å². The van der Waals surface area contributed by atoms with Gasteiger partial charge in [0.05, 0.1) is 29.2 Å². The number of pyridine rings is 2. The third kappa shape index (κ3) is 2.36. The normalized spacial score (nSPS) is 13.5. The topological polar surface area (TPSA) is 79.2 Å². The number of carbonyl (C=O) groups is 1. The van der Waals surface area contributed by atoms with Crippen LogP contribution in [0.25, 0.3) is 16.9 Å². The fraction of sp³-hybridized carbons (Fsp3) is 0.158. The number of amides is 1. The number of H-pyrrole nitrogens is 1. The van der Waals surface area contributed by atoms with E-state index in [1.165, 1.54) is 0 Å². The molecule has 1 aliphatic rings. The second-order valence-electron chi connectivity index (χ2n) is 6.31. The van der Waals surface area contributed by atoms with Crippen LogP contribution >= 0.6 is 0 Å². The van der Waals surface area contributed by atoms with Gasteiger partial charge in [-0.05, 0) is 24.3 Å². The minimum atomic E-state index is 0.00913. The molecule has 0 aliphatic carbocycles. The average molecular weight is 344 g/mol. The van der Waals surface area contributed by atoms with Crippen LogP contribution < -0.4 is 0 Å². The molecule has 4 aromatic heterocycles. The third-order valence-electron chi connectivity index (χ3n) is 4.70. The van der Waals surface area contributed by atoms with Crippen molar-refractivity contribution >= 4 is 11.6 Å². The molecule has 1 amide bonds. The van der Waals surface area contributed by atoms with E-state index in [0.717, 1.165) is 28.3 Å². The molecular weight excluding hydrogens is 328 g/mol. The Bertz CT molecular complexity index is 1070. The summed E-state index contributed by atoms with van der Waals surface area (Å²) in [5.74, 6) is 0.00913. The van der Waals surface area contributed by atoms with Gasteiger partial charge in [0.15, 0.2) is 0 Å². The van der Waals surface area contributed by atoms with Crippen molar-refractivity contribution in [2.75, 3.05) is 6.54 Å². The second-order valence-corrected chi connectivity index (χ2v) is 6.31. The van der Waals surface area contributed by atoms with Gasteiger partial charge in [-0.15, -0.1) is 0 Å². The number of carbonyl (C=O) groups excluding carboxylic acids is 1. The molecule has 7 nitrogen and oxygen atoms in total. The SMILES string of the molecule is O=C1c2c(-c3cc[nH]n3)ccnc2CN1CCc1cn2ccccc2n1. The highest BCUT2D eigenvalue weighted by atomic mass is 16.2. The van der Waals surface area contributed by atoms with Gasteiger partial charge in [-0.1, -0.05) is 6.07 Å². The Morgan fingerprint density at radius 3 is 3.00 bits per heavy atom. The van der Waals surface area contributed by atoms with Gasteiger partial charge in [-0.2, -0.15) is 5.10 Å². The van der Waals surface area contributed by atoms with Crippen LogP contribution in [0.4, 0.5) is 0 Å². The number of nitrogens with zero attached hydrogens (tertiary/aromatic N) is 5. The molecule has 4 aromatic rings. The summed E-state index contributed by atoms with van der Waals surface area (Å²) in [5.41, 5.74) is 4.96. The summed E-state index contributed by atoms with van der Waals surface area (Å²) in [7, 11) is 0. The Morgan fingerprint density at radius 1 is 1.19 bits per heavy atom. The average Bonchev–Trinajstić information content (AvgIpc) is 3.39. The van der Waals surface area contributed by atoms with Gasteiger partial charge in [-0.3, -0.25) is 14.9 Å². The number of aromatic nitrogens is 5. The molecule has 26 heavy (non-hydrogen) atoms. The van der Waals surface area contributed by atoms with E-state index in [1.807, 2.05) is 52.0 Å². The van der Waals surface area contributed by atoms with Crippen molar-refractivity contribution in [2.45, 2.75) is 13.0 Å². The maximum atomic E-state index is 12.9.